The number of ether oxygens (including phenoxy) is 3. The van der Waals surface area contributed by atoms with Crippen LogP contribution < -0.4 is 19.5 Å². The maximum atomic E-state index is 5.35. The van der Waals surface area contributed by atoms with E-state index in [0.29, 0.717) is 17.2 Å². The van der Waals surface area contributed by atoms with Gasteiger partial charge in [0.15, 0.2) is 17.3 Å². The van der Waals surface area contributed by atoms with Crippen LogP contribution in [0, 0.1) is 0 Å². The van der Waals surface area contributed by atoms with Crippen LogP contribution in [0.1, 0.15) is 0 Å². The number of anilines is 2. The zero-order valence-corrected chi connectivity index (χ0v) is 12.6. The standard InChI is InChI=1S/C16H17N3O3/c1-20-13-8-10(9-14(21-2)15(13)22-3)17-16-11-6-4-5-7-12(11)18-19-16/h4-9H,1-3H3,(H2,17,18,19). The van der Waals surface area contributed by atoms with Crippen LogP contribution >= 0.6 is 0 Å². The van der Waals surface area contributed by atoms with Crippen molar-refractivity contribution in [3.05, 3.63) is 36.4 Å². The van der Waals surface area contributed by atoms with Gasteiger partial charge in [0.2, 0.25) is 5.75 Å². The van der Waals surface area contributed by atoms with Gasteiger partial charge in [0.05, 0.1) is 26.8 Å². The molecule has 2 aromatic carbocycles. The quantitative estimate of drug-likeness (QED) is 0.756. The fraction of sp³-hybridized carbons (Fsp3) is 0.188. The molecule has 0 fully saturated rings. The summed E-state index contributed by atoms with van der Waals surface area (Å²) >= 11 is 0. The molecule has 2 N–H and O–H groups in total. The fourth-order valence-corrected chi connectivity index (χ4v) is 2.35. The normalized spacial score (nSPS) is 10.5. The zero-order valence-electron chi connectivity index (χ0n) is 12.6. The van der Waals surface area contributed by atoms with Gasteiger partial charge in [-0.2, -0.15) is 5.10 Å². The molecule has 0 unspecified atom stereocenters. The number of benzene rings is 2. The molecule has 0 aliphatic rings. The Morgan fingerprint density at radius 1 is 0.955 bits per heavy atom. The van der Waals surface area contributed by atoms with E-state index in [-0.39, 0.29) is 0 Å². The molecule has 22 heavy (non-hydrogen) atoms. The SMILES string of the molecule is COc1cc(Nc2n[nH]c3ccccc23)cc(OC)c1OC. The van der Waals surface area contributed by atoms with Gasteiger partial charge >= 0.3 is 0 Å². The molecule has 1 aromatic heterocycles. The lowest BCUT2D eigenvalue weighted by Crippen LogP contribution is -1.98. The molecule has 3 aromatic rings. The van der Waals surface area contributed by atoms with Crippen molar-refractivity contribution >= 4 is 22.4 Å². The molecule has 0 spiro atoms. The molecule has 6 heteroatoms. The number of hydrogen-bond acceptors (Lipinski definition) is 5. The number of nitrogens with zero attached hydrogens (tertiary/aromatic N) is 1. The van der Waals surface area contributed by atoms with Gasteiger partial charge in [0.1, 0.15) is 0 Å². The van der Waals surface area contributed by atoms with Gasteiger partial charge < -0.3 is 19.5 Å². The van der Waals surface area contributed by atoms with Crippen LogP contribution in [-0.2, 0) is 0 Å². The first kappa shape index (κ1) is 14.1. The summed E-state index contributed by atoms with van der Waals surface area (Å²) in [5.41, 5.74) is 1.77. The number of aromatic nitrogens is 2. The molecule has 0 saturated heterocycles. The van der Waals surface area contributed by atoms with Crippen molar-refractivity contribution in [2.24, 2.45) is 0 Å². The number of hydrogen-bond donors (Lipinski definition) is 2. The van der Waals surface area contributed by atoms with E-state index in [9.17, 15) is 0 Å². The smallest absolute Gasteiger partial charge is 0.203 e. The lowest BCUT2D eigenvalue weighted by Gasteiger charge is -2.14. The van der Waals surface area contributed by atoms with Gasteiger partial charge in [-0.15, -0.1) is 0 Å². The second kappa shape index (κ2) is 5.85. The first-order chi connectivity index (χ1) is 10.8. The van der Waals surface area contributed by atoms with Crippen molar-refractivity contribution in [1.82, 2.24) is 10.2 Å². The van der Waals surface area contributed by atoms with Crippen molar-refractivity contribution in [3.63, 3.8) is 0 Å². The molecule has 114 valence electrons. The minimum absolute atomic E-state index is 0.558. The Kier molecular flexibility index (Phi) is 3.74. The van der Waals surface area contributed by atoms with Crippen LogP contribution in [0.5, 0.6) is 17.2 Å². The second-order valence-corrected chi connectivity index (χ2v) is 4.66. The summed E-state index contributed by atoms with van der Waals surface area (Å²) in [4.78, 5) is 0. The van der Waals surface area contributed by atoms with Gasteiger partial charge in [-0.25, -0.2) is 0 Å². The van der Waals surface area contributed by atoms with Gasteiger partial charge in [0, 0.05) is 23.2 Å². The van der Waals surface area contributed by atoms with Crippen molar-refractivity contribution in [2.45, 2.75) is 0 Å². The van der Waals surface area contributed by atoms with Crippen LogP contribution in [0.3, 0.4) is 0 Å². The highest BCUT2D eigenvalue weighted by Gasteiger charge is 2.14. The molecule has 0 saturated carbocycles. The zero-order chi connectivity index (χ0) is 15.5. The molecule has 0 bridgehead atoms. The van der Waals surface area contributed by atoms with Gasteiger partial charge in [-0.05, 0) is 12.1 Å². The van der Waals surface area contributed by atoms with Gasteiger partial charge in [-0.1, -0.05) is 12.1 Å². The molecule has 6 nitrogen and oxygen atoms in total. The average Bonchev–Trinajstić information content (AvgIpc) is 2.97. The summed E-state index contributed by atoms with van der Waals surface area (Å²) in [6.45, 7) is 0. The predicted molar refractivity (Wildman–Crippen MR) is 85.5 cm³/mol. The summed E-state index contributed by atoms with van der Waals surface area (Å²) in [6, 6.07) is 11.6. The number of fused-ring (bicyclic) bond motifs is 1. The Labute approximate surface area is 128 Å². The third-order valence-electron chi connectivity index (χ3n) is 3.40. The van der Waals surface area contributed by atoms with Crippen molar-refractivity contribution < 1.29 is 14.2 Å². The molecular formula is C16H17N3O3. The van der Waals surface area contributed by atoms with Crippen LogP contribution in [0.25, 0.3) is 10.9 Å². The summed E-state index contributed by atoms with van der Waals surface area (Å²) in [7, 11) is 4.75. The molecule has 0 aliphatic heterocycles. The summed E-state index contributed by atoms with van der Waals surface area (Å²) in [5, 5.41) is 11.6. The van der Waals surface area contributed by atoms with E-state index in [2.05, 4.69) is 15.5 Å². The first-order valence-corrected chi connectivity index (χ1v) is 6.77. The van der Waals surface area contributed by atoms with E-state index in [0.717, 1.165) is 22.4 Å². The summed E-state index contributed by atoms with van der Waals surface area (Å²) < 4.78 is 16.0. The van der Waals surface area contributed by atoms with E-state index in [1.165, 1.54) is 0 Å². The molecule has 0 atom stereocenters. The summed E-state index contributed by atoms with van der Waals surface area (Å²) in [6.07, 6.45) is 0. The summed E-state index contributed by atoms with van der Waals surface area (Å²) in [5.74, 6) is 2.47. The van der Waals surface area contributed by atoms with Gasteiger partial charge in [-0.3, -0.25) is 5.10 Å². The Balaban J connectivity index is 2.01. The molecular weight excluding hydrogens is 282 g/mol. The highest BCUT2D eigenvalue weighted by Crippen LogP contribution is 2.40. The van der Waals surface area contributed by atoms with E-state index >= 15 is 0 Å². The maximum absolute atomic E-state index is 5.35. The number of H-pyrrole nitrogens is 1. The Hall–Kier alpha value is -2.89. The number of para-hydroxylation sites is 1. The van der Waals surface area contributed by atoms with E-state index in [4.69, 9.17) is 14.2 Å². The monoisotopic (exact) mass is 299 g/mol. The van der Waals surface area contributed by atoms with Crippen molar-refractivity contribution in [2.75, 3.05) is 26.6 Å². The van der Waals surface area contributed by atoms with Crippen LogP contribution in [0.15, 0.2) is 36.4 Å². The predicted octanol–water partition coefficient (Wildman–Crippen LogP) is 3.33. The molecule has 3 rings (SSSR count). The third kappa shape index (κ3) is 2.39. The fourth-order valence-electron chi connectivity index (χ4n) is 2.35. The lowest BCUT2D eigenvalue weighted by atomic mass is 10.2. The van der Waals surface area contributed by atoms with E-state index in [1.807, 2.05) is 36.4 Å². The minimum Gasteiger partial charge on any atom is -0.493 e. The van der Waals surface area contributed by atoms with E-state index in [1.54, 1.807) is 21.3 Å². The number of aromatic amines is 1. The minimum atomic E-state index is 0.558. The second-order valence-electron chi connectivity index (χ2n) is 4.66. The Morgan fingerprint density at radius 2 is 1.64 bits per heavy atom. The number of methoxy groups -OCH3 is 3. The highest BCUT2D eigenvalue weighted by atomic mass is 16.5. The molecule has 0 aliphatic carbocycles. The topological polar surface area (TPSA) is 68.4 Å². The molecule has 0 amide bonds. The lowest BCUT2D eigenvalue weighted by molar-refractivity contribution is 0.324. The third-order valence-corrected chi connectivity index (χ3v) is 3.40. The number of rotatable bonds is 5. The molecule has 0 radical (unpaired) electrons. The van der Waals surface area contributed by atoms with Crippen LogP contribution in [-0.4, -0.2) is 31.5 Å². The van der Waals surface area contributed by atoms with Crippen molar-refractivity contribution in [1.29, 1.82) is 0 Å². The Bertz CT molecular complexity index is 773. The van der Waals surface area contributed by atoms with Crippen LogP contribution in [0.2, 0.25) is 0 Å². The van der Waals surface area contributed by atoms with Crippen molar-refractivity contribution in [3.8, 4) is 17.2 Å². The van der Waals surface area contributed by atoms with Crippen LogP contribution in [0.4, 0.5) is 11.5 Å². The highest BCUT2D eigenvalue weighted by molar-refractivity contribution is 5.91. The van der Waals surface area contributed by atoms with E-state index < -0.39 is 0 Å². The molecule has 1 heterocycles. The largest absolute Gasteiger partial charge is 0.493 e. The average molecular weight is 299 g/mol. The Morgan fingerprint density at radius 3 is 2.27 bits per heavy atom. The number of nitrogens with one attached hydrogen (secondary N) is 2. The first-order valence-electron chi connectivity index (χ1n) is 6.77. The maximum Gasteiger partial charge on any atom is 0.203 e. The van der Waals surface area contributed by atoms with Gasteiger partial charge in [0.25, 0.3) is 0 Å².